The van der Waals surface area contributed by atoms with Crippen LogP contribution in [0.3, 0.4) is 0 Å². The number of rotatable bonds is 5. The van der Waals surface area contributed by atoms with E-state index in [2.05, 4.69) is 20.0 Å². The van der Waals surface area contributed by atoms with Gasteiger partial charge in [0.2, 0.25) is 0 Å². The monoisotopic (exact) mass is 346 g/mol. The number of methoxy groups -OCH3 is 1. The highest BCUT2D eigenvalue weighted by atomic mass is 35.5. The molecule has 124 valence electrons. The zero-order valence-electron chi connectivity index (χ0n) is 13.1. The van der Waals surface area contributed by atoms with E-state index in [4.69, 9.17) is 11.6 Å². The Morgan fingerprint density at radius 3 is 2.46 bits per heavy atom. The highest BCUT2D eigenvalue weighted by Gasteiger charge is 2.13. The Labute approximate surface area is 144 Å². The van der Waals surface area contributed by atoms with Gasteiger partial charge in [-0.1, -0.05) is 28.9 Å². The largest absolute Gasteiger partial charge is 0.465 e. The molecule has 0 saturated carbocycles. The molecule has 0 bridgehead atoms. The third kappa shape index (κ3) is 4.33. The minimum absolute atomic E-state index is 0.183. The van der Waals surface area contributed by atoms with Crippen LogP contribution in [-0.4, -0.2) is 32.3 Å². The third-order valence-corrected chi connectivity index (χ3v) is 3.44. The molecule has 0 spiro atoms. The number of anilines is 1. The van der Waals surface area contributed by atoms with Gasteiger partial charge >= 0.3 is 5.97 Å². The molecule has 0 atom stereocenters. The lowest BCUT2D eigenvalue weighted by Crippen LogP contribution is -2.12. The van der Waals surface area contributed by atoms with Crippen molar-refractivity contribution in [2.75, 3.05) is 19.5 Å². The van der Waals surface area contributed by atoms with Crippen molar-refractivity contribution in [2.24, 2.45) is 5.16 Å². The number of oxime groups is 1. The molecule has 24 heavy (non-hydrogen) atoms. The number of amides is 1. The van der Waals surface area contributed by atoms with E-state index in [-0.39, 0.29) is 16.5 Å². The molecule has 0 fully saturated rings. The molecule has 6 nitrogen and oxygen atoms in total. The lowest BCUT2D eigenvalue weighted by Gasteiger charge is -2.08. The highest BCUT2D eigenvalue weighted by molar-refractivity contribution is 6.33. The Kier molecular flexibility index (Phi) is 5.92. The Hall–Kier alpha value is -2.86. The number of nitrogens with zero attached hydrogens (tertiary/aromatic N) is 1. The SMILES string of the molecule is CO/N=C/c1ccc(C(=O)Nc2ccc(Cl)c(C(=O)OC)c2)cc1. The van der Waals surface area contributed by atoms with Crippen LogP contribution >= 0.6 is 11.6 Å². The van der Waals surface area contributed by atoms with Gasteiger partial charge in [0.1, 0.15) is 7.11 Å². The van der Waals surface area contributed by atoms with Gasteiger partial charge in [0.05, 0.1) is 23.9 Å². The maximum absolute atomic E-state index is 12.3. The zero-order chi connectivity index (χ0) is 17.5. The van der Waals surface area contributed by atoms with Crippen LogP contribution < -0.4 is 5.32 Å². The molecule has 0 radical (unpaired) electrons. The van der Waals surface area contributed by atoms with Crippen molar-refractivity contribution in [3.63, 3.8) is 0 Å². The fraction of sp³-hybridized carbons (Fsp3) is 0.118. The molecule has 0 aliphatic rings. The molecule has 0 saturated heterocycles. The van der Waals surface area contributed by atoms with E-state index in [9.17, 15) is 9.59 Å². The summed E-state index contributed by atoms with van der Waals surface area (Å²) < 4.78 is 4.65. The zero-order valence-corrected chi connectivity index (χ0v) is 13.8. The molecule has 0 unspecified atom stereocenters. The van der Waals surface area contributed by atoms with E-state index in [0.29, 0.717) is 11.3 Å². The van der Waals surface area contributed by atoms with E-state index in [1.54, 1.807) is 30.3 Å². The number of esters is 1. The van der Waals surface area contributed by atoms with E-state index in [1.807, 2.05) is 0 Å². The molecule has 0 aliphatic carbocycles. The van der Waals surface area contributed by atoms with Crippen LogP contribution in [-0.2, 0) is 9.57 Å². The number of halogens is 1. The van der Waals surface area contributed by atoms with Crippen LogP contribution in [0.1, 0.15) is 26.3 Å². The number of nitrogens with one attached hydrogen (secondary N) is 1. The summed E-state index contributed by atoms with van der Waals surface area (Å²) in [6.07, 6.45) is 1.53. The molecule has 7 heteroatoms. The quantitative estimate of drug-likeness (QED) is 0.511. The number of hydrogen-bond acceptors (Lipinski definition) is 5. The molecule has 1 amide bonds. The molecule has 1 N–H and O–H groups in total. The maximum Gasteiger partial charge on any atom is 0.339 e. The van der Waals surface area contributed by atoms with Crippen molar-refractivity contribution in [1.29, 1.82) is 0 Å². The summed E-state index contributed by atoms with van der Waals surface area (Å²) in [5.41, 5.74) is 1.88. The number of hydrogen-bond donors (Lipinski definition) is 1. The van der Waals surface area contributed by atoms with Crippen LogP contribution in [0.5, 0.6) is 0 Å². The molecule has 2 aromatic carbocycles. The number of carbonyl (C=O) groups is 2. The van der Waals surface area contributed by atoms with Gasteiger partial charge in [0, 0.05) is 11.3 Å². The van der Waals surface area contributed by atoms with Crippen LogP contribution in [0.4, 0.5) is 5.69 Å². The minimum Gasteiger partial charge on any atom is -0.465 e. The van der Waals surface area contributed by atoms with Crippen LogP contribution in [0.25, 0.3) is 0 Å². The Morgan fingerprint density at radius 2 is 1.83 bits per heavy atom. The summed E-state index contributed by atoms with van der Waals surface area (Å²) in [6, 6.07) is 11.4. The number of benzene rings is 2. The predicted molar refractivity (Wildman–Crippen MR) is 91.8 cm³/mol. The second kappa shape index (κ2) is 8.12. The van der Waals surface area contributed by atoms with Gasteiger partial charge in [-0.15, -0.1) is 0 Å². The van der Waals surface area contributed by atoms with E-state index in [0.717, 1.165) is 5.56 Å². The molecular formula is C17H15ClN2O4. The summed E-state index contributed by atoms with van der Waals surface area (Å²) in [5.74, 6) is -0.888. The Bertz CT molecular complexity index is 773. The summed E-state index contributed by atoms with van der Waals surface area (Å²) in [6.45, 7) is 0. The van der Waals surface area contributed by atoms with Crippen LogP contribution in [0.2, 0.25) is 5.02 Å². The smallest absolute Gasteiger partial charge is 0.339 e. The molecule has 0 aromatic heterocycles. The highest BCUT2D eigenvalue weighted by Crippen LogP contribution is 2.22. The van der Waals surface area contributed by atoms with E-state index < -0.39 is 5.97 Å². The van der Waals surface area contributed by atoms with Crippen molar-refractivity contribution >= 4 is 35.4 Å². The Morgan fingerprint density at radius 1 is 1.12 bits per heavy atom. The van der Waals surface area contributed by atoms with Crippen molar-refractivity contribution in [3.8, 4) is 0 Å². The first-order valence-electron chi connectivity index (χ1n) is 6.91. The minimum atomic E-state index is -0.571. The van der Waals surface area contributed by atoms with Crippen molar-refractivity contribution in [3.05, 3.63) is 64.2 Å². The van der Waals surface area contributed by atoms with Crippen LogP contribution in [0, 0.1) is 0 Å². The van der Waals surface area contributed by atoms with Crippen molar-refractivity contribution in [2.45, 2.75) is 0 Å². The van der Waals surface area contributed by atoms with Gasteiger partial charge in [0.25, 0.3) is 5.91 Å². The average molecular weight is 347 g/mol. The topological polar surface area (TPSA) is 77.0 Å². The molecular weight excluding hydrogens is 332 g/mol. The first kappa shape index (κ1) is 17.5. The van der Waals surface area contributed by atoms with Gasteiger partial charge in [-0.2, -0.15) is 0 Å². The summed E-state index contributed by atoms with van der Waals surface area (Å²) in [4.78, 5) is 28.5. The lowest BCUT2D eigenvalue weighted by molar-refractivity contribution is 0.0600. The second-order valence-corrected chi connectivity index (χ2v) is 5.09. The van der Waals surface area contributed by atoms with Gasteiger partial charge in [-0.3, -0.25) is 4.79 Å². The summed E-state index contributed by atoms with van der Waals surface area (Å²) in [7, 11) is 2.71. The summed E-state index contributed by atoms with van der Waals surface area (Å²) in [5, 5.41) is 6.60. The number of carbonyl (C=O) groups excluding carboxylic acids is 2. The van der Waals surface area contributed by atoms with Crippen LogP contribution in [0.15, 0.2) is 47.6 Å². The van der Waals surface area contributed by atoms with E-state index in [1.165, 1.54) is 32.6 Å². The molecule has 2 aromatic rings. The second-order valence-electron chi connectivity index (χ2n) is 4.68. The first-order valence-corrected chi connectivity index (χ1v) is 7.28. The van der Waals surface area contributed by atoms with E-state index >= 15 is 0 Å². The number of ether oxygens (including phenoxy) is 1. The van der Waals surface area contributed by atoms with Gasteiger partial charge in [-0.25, -0.2) is 4.79 Å². The first-order chi connectivity index (χ1) is 11.5. The third-order valence-electron chi connectivity index (χ3n) is 3.11. The summed E-state index contributed by atoms with van der Waals surface area (Å²) >= 11 is 5.95. The lowest BCUT2D eigenvalue weighted by atomic mass is 10.1. The normalized spacial score (nSPS) is 10.5. The molecule has 2 rings (SSSR count). The van der Waals surface area contributed by atoms with Crippen molar-refractivity contribution < 1.29 is 19.2 Å². The Balaban J connectivity index is 2.14. The fourth-order valence-electron chi connectivity index (χ4n) is 1.91. The average Bonchev–Trinajstić information content (AvgIpc) is 2.61. The van der Waals surface area contributed by atoms with Crippen molar-refractivity contribution in [1.82, 2.24) is 0 Å². The standard InChI is InChI=1S/C17H15ClN2O4/c1-23-17(22)14-9-13(7-8-15(14)18)20-16(21)12-5-3-11(4-6-12)10-19-24-2/h3-10H,1-2H3,(H,20,21)/b19-10+. The predicted octanol–water partition coefficient (Wildman–Crippen LogP) is 3.36. The van der Waals surface area contributed by atoms with Gasteiger partial charge in [-0.05, 0) is 35.9 Å². The van der Waals surface area contributed by atoms with Gasteiger partial charge in [0.15, 0.2) is 0 Å². The fourth-order valence-corrected chi connectivity index (χ4v) is 2.10. The molecule has 0 heterocycles. The maximum atomic E-state index is 12.3. The van der Waals surface area contributed by atoms with Gasteiger partial charge < -0.3 is 14.9 Å². The molecule has 0 aliphatic heterocycles.